The van der Waals surface area contributed by atoms with Crippen molar-refractivity contribution in [2.75, 3.05) is 18.9 Å². The van der Waals surface area contributed by atoms with E-state index in [0.717, 1.165) is 0 Å². The number of anilines is 1. The van der Waals surface area contributed by atoms with Gasteiger partial charge < -0.3 is 9.47 Å². The maximum atomic E-state index is 12.7. The van der Waals surface area contributed by atoms with Crippen LogP contribution in [0.3, 0.4) is 0 Å². The van der Waals surface area contributed by atoms with Gasteiger partial charge in [0.05, 0.1) is 25.6 Å². The van der Waals surface area contributed by atoms with E-state index < -0.39 is 20.5 Å². The number of nitrogens with one attached hydrogen (secondary N) is 1. The smallest absolute Gasteiger partial charge is 0.279 e. The number of aryl methyl sites for hydroxylation is 1. The van der Waals surface area contributed by atoms with Gasteiger partial charge in [0.1, 0.15) is 0 Å². The lowest BCUT2D eigenvalue weighted by molar-refractivity contribution is 0.355. The van der Waals surface area contributed by atoms with E-state index >= 15 is 0 Å². The van der Waals surface area contributed by atoms with Crippen LogP contribution in [0.2, 0.25) is 0 Å². The summed E-state index contributed by atoms with van der Waals surface area (Å²) in [7, 11) is -1.20. The van der Waals surface area contributed by atoms with Crippen LogP contribution in [-0.4, -0.2) is 32.0 Å². The van der Waals surface area contributed by atoms with Crippen molar-refractivity contribution in [3.05, 3.63) is 45.8 Å². The van der Waals surface area contributed by atoms with Crippen molar-refractivity contribution < 1.29 is 17.9 Å². The number of thiazole rings is 1. The largest absolute Gasteiger partial charge is 0.493 e. The van der Waals surface area contributed by atoms with Crippen molar-refractivity contribution in [3.8, 4) is 11.5 Å². The molecule has 0 aliphatic rings. The summed E-state index contributed by atoms with van der Waals surface area (Å²) < 4.78 is 39.3. The predicted octanol–water partition coefficient (Wildman–Crippen LogP) is 1.88. The summed E-state index contributed by atoms with van der Waals surface area (Å²) in [6.45, 7) is 1.49. The normalized spacial score (nSPS) is 11.5. The standard InChI is InChI=1S/C15H15N3O5S2/c1-9-13(14(19)18-6-7-24-15(18)16-9)25(20,21)17-10-4-5-11(22-2)12(8-10)23-3/h4-8,17H,1-3H3. The Hall–Kier alpha value is -2.59. The molecule has 0 fully saturated rings. The van der Waals surface area contributed by atoms with Gasteiger partial charge >= 0.3 is 0 Å². The number of sulfonamides is 1. The highest BCUT2D eigenvalue weighted by Gasteiger charge is 2.24. The lowest BCUT2D eigenvalue weighted by Crippen LogP contribution is -2.27. The third-order valence-electron chi connectivity index (χ3n) is 3.50. The molecule has 0 spiro atoms. The Morgan fingerprint density at radius 1 is 1.20 bits per heavy atom. The molecule has 3 rings (SSSR count). The van der Waals surface area contributed by atoms with Gasteiger partial charge in [-0.1, -0.05) is 0 Å². The monoisotopic (exact) mass is 381 g/mol. The predicted molar refractivity (Wildman–Crippen MR) is 94.4 cm³/mol. The van der Waals surface area contributed by atoms with Crippen LogP contribution < -0.4 is 19.8 Å². The number of fused-ring (bicyclic) bond motifs is 1. The molecule has 2 aromatic heterocycles. The number of aromatic nitrogens is 2. The number of ether oxygens (including phenoxy) is 2. The summed E-state index contributed by atoms with van der Waals surface area (Å²) in [5.74, 6) is 0.825. The molecule has 0 aliphatic heterocycles. The number of hydrogen-bond donors (Lipinski definition) is 1. The highest BCUT2D eigenvalue weighted by molar-refractivity contribution is 7.92. The van der Waals surface area contributed by atoms with E-state index in [4.69, 9.17) is 9.47 Å². The minimum absolute atomic E-state index is 0.139. The molecule has 1 aromatic carbocycles. The Morgan fingerprint density at radius 2 is 1.92 bits per heavy atom. The molecule has 3 aromatic rings. The van der Waals surface area contributed by atoms with E-state index in [0.29, 0.717) is 16.5 Å². The van der Waals surface area contributed by atoms with E-state index in [1.807, 2.05) is 0 Å². The van der Waals surface area contributed by atoms with Crippen LogP contribution in [0, 0.1) is 6.92 Å². The number of rotatable bonds is 5. The highest BCUT2D eigenvalue weighted by Crippen LogP contribution is 2.30. The second-order valence-corrected chi connectivity index (χ2v) is 7.55. The van der Waals surface area contributed by atoms with Crippen molar-refractivity contribution in [3.63, 3.8) is 0 Å². The van der Waals surface area contributed by atoms with Crippen LogP contribution in [0.4, 0.5) is 5.69 Å². The lowest BCUT2D eigenvalue weighted by Gasteiger charge is -2.12. The van der Waals surface area contributed by atoms with Crippen LogP contribution in [0.15, 0.2) is 39.5 Å². The number of methoxy groups -OCH3 is 2. The molecule has 0 amide bonds. The maximum absolute atomic E-state index is 12.7. The summed E-state index contributed by atoms with van der Waals surface area (Å²) >= 11 is 1.25. The highest BCUT2D eigenvalue weighted by atomic mass is 32.2. The first-order valence-corrected chi connectivity index (χ1v) is 9.45. The van der Waals surface area contributed by atoms with Gasteiger partial charge in [0, 0.05) is 17.6 Å². The van der Waals surface area contributed by atoms with Gasteiger partial charge in [0.2, 0.25) is 0 Å². The van der Waals surface area contributed by atoms with Crippen molar-refractivity contribution in [1.29, 1.82) is 0 Å². The third-order valence-corrected chi connectivity index (χ3v) is 5.77. The lowest BCUT2D eigenvalue weighted by atomic mass is 10.3. The summed E-state index contributed by atoms with van der Waals surface area (Å²) in [5, 5.41) is 1.67. The van der Waals surface area contributed by atoms with Crippen molar-refractivity contribution in [2.24, 2.45) is 0 Å². The Bertz CT molecular complexity index is 1100. The van der Waals surface area contributed by atoms with Crippen LogP contribution >= 0.6 is 11.3 Å². The molecule has 0 saturated carbocycles. The quantitative estimate of drug-likeness (QED) is 0.724. The van der Waals surface area contributed by atoms with E-state index in [1.165, 1.54) is 55.2 Å². The molecule has 0 radical (unpaired) electrons. The Balaban J connectivity index is 2.07. The topological polar surface area (TPSA) is 99.0 Å². The fraction of sp³-hybridized carbons (Fsp3) is 0.200. The van der Waals surface area contributed by atoms with Gasteiger partial charge in [-0.25, -0.2) is 13.4 Å². The molecular weight excluding hydrogens is 366 g/mol. The Kier molecular flexibility index (Phi) is 4.39. The van der Waals surface area contributed by atoms with Gasteiger partial charge in [-0.05, 0) is 19.1 Å². The molecule has 25 heavy (non-hydrogen) atoms. The summed E-state index contributed by atoms with van der Waals surface area (Å²) in [5.41, 5.74) is -0.260. The van der Waals surface area contributed by atoms with E-state index in [1.54, 1.807) is 11.4 Å². The second-order valence-electron chi connectivity index (χ2n) is 5.06. The first-order valence-electron chi connectivity index (χ1n) is 7.08. The molecule has 1 N–H and O–H groups in total. The summed E-state index contributed by atoms with van der Waals surface area (Å²) in [4.78, 5) is 16.8. The molecule has 132 valence electrons. The first kappa shape index (κ1) is 17.2. The average Bonchev–Trinajstić information content (AvgIpc) is 3.02. The number of hydrogen-bond acceptors (Lipinski definition) is 7. The van der Waals surface area contributed by atoms with Crippen molar-refractivity contribution >= 4 is 32.0 Å². The molecule has 0 atom stereocenters. The van der Waals surface area contributed by atoms with Gasteiger partial charge in [0.25, 0.3) is 15.6 Å². The number of benzene rings is 1. The zero-order valence-electron chi connectivity index (χ0n) is 13.6. The molecule has 0 saturated heterocycles. The van der Waals surface area contributed by atoms with Gasteiger partial charge in [-0.2, -0.15) is 0 Å². The first-order chi connectivity index (χ1) is 11.9. The van der Waals surface area contributed by atoms with Crippen LogP contribution in [0.1, 0.15) is 5.69 Å². The molecule has 8 nitrogen and oxygen atoms in total. The Labute approximate surface area is 147 Å². The Morgan fingerprint density at radius 3 is 2.60 bits per heavy atom. The van der Waals surface area contributed by atoms with Crippen LogP contribution in [0.25, 0.3) is 4.96 Å². The molecule has 0 bridgehead atoms. The van der Waals surface area contributed by atoms with Gasteiger partial charge in [0.15, 0.2) is 21.4 Å². The van der Waals surface area contributed by atoms with Crippen molar-refractivity contribution in [2.45, 2.75) is 11.8 Å². The van der Waals surface area contributed by atoms with E-state index in [9.17, 15) is 13.2 Å². The molecule has 10 heteroatoms. The zero-order valence-corrected chi connectivity index (χ0v) is 15.3. The van der Waals surface area contributed by atoms with Crippen molar-refractivity contribution in [1.82, 2.24) is 9.38 Å². The zero-order chi connectivity index (χ0) is 18.2. The fourth-order valence-corrected chi connectivity index (χ4v) is 4.43. The summed E-state index contributed by atoms with van der Waals surface area (Å²) in [6, 6.07) is 4.55. The van der Waals surface area contributed by atoms with E-state index in [-0.39, 0.29) is 11.4 Å². The van der Waals surface area contributed by atoms with Gasteiger partial charge in [-0.15, -0.1) is 11.3 Å². The molecule has 2 heterocycles. The number of nitrogens with zero attached hydrogens (tertiary/aromatic N) is 2. The van der Waals surface area contributed by atoms with E-state index in [2.05, 4.69) is 9.71 Å². The minimum atomic E-state index is -4.13. The molecule has 0 unspecified atom stereocenters. The average molecular weight is 381 g/mol. The summed E-state index contributed by atoms with van der Waals surface area (Å²) in [6.07, 6.45) is 1.49. The maximum Gasteiger partial charge on any atom is 0.279 e. The second kappa shape index (κ2) is 6.37. The SMILES string of the molecule is COc1ccc(NS(=O)(=O)c2c(C)nc3sccn3c2=O)cc1OC. The molecule has 0 aliphatic carbocycles. The van der Waals surface area contributed by atoms with Gasteiger partial charge in [-0.3, -0.25) is 13.9 Å². The van der Waals surface area contributed by atoms with Crippen LogP contribution in [-0.2, 0) is 10.0 Å². The molecular formula is C15H15N3O5S2. The minimum Gasteiger partial charge on any atom is -0.493 e. The third kappa shape index (κ3) is 3.05. The van der Waals surface area contributed by atoms with Crippen LogP contribution in [0.5, 0.6) is 11.5 Å². The fourth-order valence-electron chi connectivity index (χ4n) is 2.38.